The standard InChI is InChI=1S/C12H11Cl2N3O3S2/c1-2-5-22(19,20)12-17-16-11(21-12)15-10(18)8-4-3-7(13)6-9(8)14/h3-4,6H,2,5H2,1H3,(H,15,16,18). The Morgan fingerprint density at radius 1 is 1.32 bits per heavy atom. The molecule has 0 saturated carbocycles. The van der Waals surface area contributed by atoms with Gasteiger partial charge in [0.15, 0.2) is 0 Å². The zero-order valence-corrected chi connectivity index (χ0v) is 14.5. The normalized spacial score (nSPS) is 11.4. The lowest BCUT2D eigenvalue weighted by Crippen LogP contribution is -2.12. The van der Waals surface area contributed by atoms with Crippen molar-refractivity contribution in [2.24, 2.45) is 0 Å². The van der Waals surface area contributed by atoms with Gasteiger partial charge in [-0.2, -0.15) is 0 Å². The summed E-state index contributed by atoms with van der Waals surface area (Å²) in [6, 6.07) is 4.44. The summed E-state index contributed by atoms with van der Waals surface area (Å²) < 4.78 is 23.6. The zero-order chi connectivity index (χ0) is 16.3. The van der Waals surface area contributed by atoms with Gasteiger partial charge in [-0.3, -0.25) is 10.1 Å². The van der Waals surface area contributed by atoms with Gasteiger partial charge in [0.1, 0.15) is 0 Å². The van der Waals surface area contributed by atoms with Crippen LogP contribution in [0.15, 0.2) is 22.5 Å². The summed E-state index contributed by atoms with van der Waals surface area (Å²) in [5.74, 6) is -0.532. The maximum Gasteiger partial charge on any atom is 0.259 e. The summed E-state index contributed by atoms with van der Waals surface area (Å²) >= 11 is 12.5. The second kappa shape index (κ2) is 6.91. The van der Waals surface area contributed by atoms with Gasteiger partial charge in [-0.25, -0.2) is 8.42 Å². The molecule has 1 aromatic carbocycles. The molecule has 6 nitrogen and oxygen atoms in total. The molecule has 1 amide bonds. The number of anilines is 1. The van der Waals surface area contributed by atoms with Crippen molar-refractivity contribution >= 4 is 55.4 Å². The highest BCUT2D eigenvalue weighted by atomic mass is 35.5. The first-order valence-corrected chi connectivity index (χ1v) is 9.38. The molecule has 1 N–H and O–H groups in total. The van der Waals surface area contributed by atoms with Crippen molar-refractivity contribution in [3.05, 3.63) is 33.8 Å². The van der Waals surface area contributed by atoms with Gasteiger partial charge in [-0.1, -0.05) is 41.5 Å². The van der Waals surface area contributed by atoms with Crippen LogP contribution in [0.25, 0.3) is 0 Å². The number of aromatic nitrogens is 2. The number of benzene rings is 1. The van der Waals surface area contributed by atoms with Gasteiger partial charge in [0.25, 0.3) is 5.91 Å². The molecule has 10 heteroatoms. The number of hydrogen-bond donors (Lipinski definition) is 1. The minimum atomic E-state index is -3.45. The first-order chi connectivity index (χ1) is 10.3. The van der Waals surface area contributed by atoms with Gasteiger partial charge in [0, 0.05) is 5.02 Å². The van der Waals surface area contributed by atoms with Crippen molar-refractivity contribution in [1.82, 2.24) is 10.2 Å². The van der Waals surface area contributed by atoms with E-state index < -0.39 is 15.7 Å². The van der Waals surface area contributed by atoms with Gasteiger partial charge in [-0.15, -0.1) is 10.2 Å². The molecule has 0 spiro atoms. The minimum Gasteiger partial charge on any atom is -0.296 e. The average molecular weight is 380 g/mol. The van der Waals surface area contributed by atoms with Crippen LogP contribution in [0.1, 0.15) is 23.7 Å². The molecular formula is C12H11Cl2N3O3S2. The molecular weight excluding hydrogens is 369 g/mol. The van der Waals surface area contributed by atoms with Gasteiger partial charge in [0.05, 0.1) is 16.3 Å². The summed E-state index contributed by atoms with van der Waals surface area (Å²) in [5, 5.41) is 10.4. The lowest BCUT2D eigenvalue weighted by atomic mass is 10.2. The highest BCUT2D eigenvalue weighted by molar-refractivity contribution is 7.93. The van der Waals surface area contributed by atoms with E-state index in [4.69, 9.17) is 23.2 Å². The Hall–Kier alpha value is -1.22. The largest absolute Gasteiger partial charge is 0.296 e. The van der Waals surface area contributed by atoms with Crippen LogP contribution < -0.4 is 5.32 Å². The van der Waals surface area contributed by atoms with E-state index in [1.165, 1.54) is 18.2 Å². The van der Waals surface area contributed by atoms with Crippen molar-refractivity contribution in [3.8, 4) is 0 Å². The summed E-state index contributed by atoms with van der Waals surface area (Å²) in [4.78, 5) is 12.1. The van der Waals surface area contributed by atoms with Crippen LogP contribution in [-0.2, 0) is 9.84 Å². The lowest BCUT2D eigenvalue weighted by Gasteiger charge is -2.03. The summed E-state index contributed by atoms with van der Waals surface area (Å²) in [7, 11) is -3.45. The molecule has 0 aliphatic carbocycles. The number of rotatable bonds is 5. The Bertz CT molecular complexity index is 806. The molecule has 0 bridgehead atoms. The number of sulfone groups is 1. The van der Waals surface area contributed by atoms with Crippen molar-refractivity contribution < 1.29 is 13.2 Å². The SMILES string of the molecule is CCCS(=O)(=O)c1nnc(NC(=O)c2ccc(Cl)cc2Cl)s1. The van der Waals surface area contributed by atoms with E-state index in [0.717, 1.165) is 11.3 Å². The summed E-state index contributed by atoms with van der Waals surface area (Å²) in [6.07, 6.45) is 0.476. The van der Waals surface area contributed by atoms with E-state index in [1.807, 2.05) is 0 Å². The molecule has 0 saturated heterocycles. The maximum absolute atomic E-state index is 12.1. The molecule has 0 aliphatic rings. The van der Waals surface area contributed by atoms with Crippen LogP contribution >= 0.6 is 34.5 Å². The van der Waals surface area contributed by atoms with E-state index in [-0.39, 0.29) is 25.8 Å². The molecule has 118 valence electrons. The van der Waals surface area contributed by atoms with Gasteiger partial charge >= 0.3 is 0 Å². The van der Waals surface area contributed by atoms with Crippen molar-refractivity contribution in [2.75, 3.05) is 11.1 Å². The Labute approximate surface area is 141 Å². The van der Waals surface area contributed by atoms with Crippen LogP contribution in [0.2, 0.25) is 10.0 Å². The van der Waals surface area contributed by atoms with Gasteiger partial charge in [0.2, 0.25) is 19.3 Å². The van der Waals surface area contributed by atoms with Crippen LogP contribution in [0.5, 0.6) is 0 Å². The second-order valence-electron chi connectivity index (χ2n) is 4.27. The fourth-order valence-corrected chi connectivity index (χ4v) is 4.42. The van der Waals surface area contributed by atoms with Crippen molar-refractivity contribution in [2.45, 2.75) is 17.7 Å². The third-order valence-electron chi connectivity index (χ3n) is 2.54. The topological polar surface area (TPSA) is 89.0 Å². The number of nitrogens with one attached hydrogen (secondary N) is 1. The predicted molar refractivity (Wildman–Crippen MR) is 86.7 cm³/mol. The molecule has 22 heavy (non-hydrogen) atoms. The first kappa shape index (κ1) is 17.1. The molecule has 0 unspecified atom stereocenters. The summed E-state index contributed by atoms with van der Waals surface area (Å²) in [5.41, 5.74) is 0.208. The maximum atomic E-state index is 12.1. The molecule has 0 atom stereocenters. The molecule has 0 aliphatic heterocycles. The monoisotopic (exact) mass is 379 g/mol. The smallest absolute Gasteiger partial charge is 0.259 e. The lowest BCUT2D eigenvalue weighted by molar-refractivity contribution is 0.102. The minimum absolute atomic E-state index is 0.0153. The van der Waals surface area contributed by atoms with Crippen LogP contribution in [0.3, 0.4) is 0 Å². The third-order valence-corrected chi connectivity index (χ3v) is 6.29. The van der Waals surface area contributed by atoms with E-state index in [0.29, 0.717) is 11.4 Å². The van der Waals surface area contributed by atoms with E-state index in [9.17, 15) is 13.2 Å². The Morgan fingerprint density at radius 2 is 2.05 bits per heavy atom. The van der Waals surface area contributed by atoms with E-state index in [1.54, 1.807) is 6.92 Å². The molecule has 1 aromatic heterocycles. The average Bonchev–Trinajstić information content (AvgIpc) is 2.87. The molecule has 1 heterocycles. The fraction of sp³-hybridized carbons (Fsp3) is 0.250. The van der Waals surface area contributed by atoms with Crippen molar-refractivity contribution in [1.29, 1.82) is 0 Å². The van der Waals surface area contributed by atoms with E-state index >= 15 is 0 Å². The van der Waals surface area contributed by atoms with Gasteiger partial charge < -0.3 is 0 Å². The quantitative estimate of drug-likeness (QED) is 0.805. The zero-order valence-electron chi connectivity index (χ0n) is 11.3. The highest BCUT2D eigenvalue weighted by Crippen LogP contribution is 2.24. The van der Waals surface area contributed by atoms with Crippen LogP contribution in [0.4, 0.5) is 5.13 Å². The molecule has 2 aromatic rings. The Morgan fingerprint density at radius 3 is 2.68 bits per heavy atom. The third kappa shape index (κ3) is 3.95. The number of carbonyl (C=O) groups excluding carboxylic acids is 1. The second-order valence-corrected chi connectivity index (χ2v) is 8.37. The summed E-state index contributed by atoms with van der Waals surface area (Å²) in [6.45, 7) is 1.75. The van der Waals surface area contributed by atoms with Crippen molar-refractivity contribution in [3.63, 3.8) is 0 Å². The van der Waals surface area contributed by atoms with Gasteiger partial charge in [-0.05, 0) is 24.6 Å². The molecule has 0 fully saturated rings. The first-order valence-electron chi connectivity index (χ1n) is 6.16. The van der Waals surface area contributed by atoms with E-state index in [2.05, 4.69) is 15.5 Å². The Kier molecular flexibility index (Phi) is 5.38. The Balaban J connectivity index is 2.18. The molecule has 2 rings (SSSR count). The fourth-order valence-electron chi connectivity index (χ4n) is 1.58. The number of carbonyl (C=O) groups is 1. The highest BCUT2D eigenvalue weighted by Gasteiger charge is 2.20. The van der Waals surface area contributed by atoms with Crippen LogP contribution in [-0.4, -0.2) is 30.3 Å². The number of amides is 1. The number of halogens is 2. The predicted octanol–water partition coefficient (Wildman–Crippen LogP) is 3.28. The number of hydrogen-bond acceptors (Lipinski definition) is 6. The molecule has 0 radical (unpaired) electrons. The number of nitrogens with zero attached hydrogens (tertiary/aromatic N) is 2. The van der Waals surface area contributed by atoms with Crippen LogP contribution in [0, 0.1) is 0 Å².